The first-order valence-corrected chi connectivity index (χ1v) is 18.6. The highest BCUT2D eigenvalue weighted by atomic mass is 16.6. The number of nitrogens with two attached hydrogens (primary N) is 1. The molecule has 0 aromatic heterocycles. The number of esters is 1. The van der Waals surface area contributed by atoms with E-state index in [4.69, 9.17) is 38.9 Å². The van der Waals surface area contributed by atoms with Crippen molar-refractivity contribution in [2.75, 3.05) is 97.7 Å². The molecule has 0 saturated heterocycles. The van der Waals surface area contributed by atoms with E-state index in [2.05, 4.69) is 5.32 Å². The largest absolute Gasteiger partial charge is 0.481 e. The summed E-state index contributed by atoms with van der Waals surface area (Å²) in [5.74, 6) is -3.96. The average Bonchev–Trinajstić information content (AvgIpc) is 3.67. The van der Waals surface area contributed by atoms with Gasteiger partial charge < -0.3 is 49.3 Å². The lowest BCUT2D eigenvalue weighted by atomic mass is 9.96. The second-order valence-electron chi connectivity index (χ2n) is 12.8. The van der Waals surface area contributed by atoms with E-state index in [1.807, 2.05) is 0 Å². The van der Waals surface area contributed by atoms with E-state index in [0.717, 1.165) is 9.80 Å². The van der Waals surface area contributed by atoms with Gasteiger partial charge in [0.05, 0.1) is 117 Å². The number of rotatable bonds is 31. The molecule has 0 aliphatic carbocycles. The number of nitrogens with zero attached hydrogens (tertiary/aromatic N) is 2. The Labute approximate surface area is 330 Å². The molecule has 19 nitrogen and oxygen atoms in total. The van der Waals surface area contributed by atoms with Crippen molar-refractivity contribution >= 4 is 47.2 Å². The molecule has 5 amide bonds. The van der Waals surface area contributed by atoms with Crippen molar-refractivity contribution in [2.24, 2.45) is 11.7 Å². The van der Waals surface area contributed by atoms with Crippen LogP contribution in [0.1, 0.15) is 31.7 Å². The van der Waals surface area contributed by atoms with Crippen LogP contribution in [0, 0.1) is 5.92 Å². The van der Waals surface area contributed by atoms with Crippen molar-refractivity contribution in [1.82, 2.24) is 9.80 Å². The molecule has 2 atom stereocenters. The van der Waals surface area contributed by atoms with E-state index < -0.39 is 29.8 Å². The summed E-state index contributed by atoms with van der Waals surface area (Å²) in [6, 6.07) is 4.38. The fourth-order valence-corrected chi connectivity index (χ4v) is 5.24. The molecule has 57 heavy (non-hydrogen) atoms. The Morgan fingerprint density at radius 1 is 0.667 bits per heavy atom. The Bertz CT molecular complexity index is 1550. The van der Waals surface area contributed by atoms with Crippen LogP contribution in [-0.4, -0.2) is 155 Å². The lowest BCUT2D eigenvalue weighted by Crippen LogP contribution is -2.33. The zero-order valence-electron chi connectivity index (χ0n) is 32.1. The number of carboxylic acid groups (broad SMARTS) is 1. The van der Waals surface area contributed by atoms with Crippen LogP contribution in [0.5, 0.6) is 5.75 Å². The lowest BCUT2D eigenvalue weighted by Gasteiger charge is -2.17. The standard InChI is InChI=1S/C38H52N4O15/c1-27(38(49)50)24-29(39)25-28-2-3-31(57-37(48)9-13-52-17-21-56-23-19-54-15-11-42-35(46)6-7-36(42)47)30(26-28)40-32(43)8-12-51-16-20-55-22-18-53-14-10-41-33(44)4-5-34(41)45/h2-7,26-27,29H,8-25,39H2,1H3,(H,40,43)(H,49,50). The molecule has 2 heterocycles. The number of anilines is 1. The van der Waals surface area contributed by atoms with Crippen LogP contribution in [0.4, 0.5) is 5.69 Å². The fraction of sp³-hybridized carbons (Fsp3) is 0.553. The SMILES string of the molecule is CC(CC(N)Cc1ccc(OC(=O)CCOCCOCCOCCN2C(=O)C=CC2=O)c(NC(=O)CCOCCOCCOCCN2C(=O)C=CC2=O)c1)C(=O)O. The fourth-order valence-electron chi connectivity index (χ4n) is 5.24. The maximum absolute atomic E-state index is 12.8. The molecule has 19 heteroatoms. The molecule has 0 saturated carbocycles. The Hall–Kier alpha value is -4.89. The number of amides is 5. The van der Waals surface area contributed by atoms with Gasteiger partial charge in [-0.05, 0) is 30.5 Å². The summed E-state index contributed by atoms with van der Waals surface area (Å²) in [4.78, 5) is 85.0. The Balaban J connectivity index is 1.32. The summed E-state index contributed by atoms with van der Waals surface area (Å²) in [5, 5.41) is 12.0. The maximum atomic E-state index is 12.8. The Morgan fingerprint density at radius 2 is 1.11 bits per heavy atom. The third-order valence-electron chi connectivity index (χ3n) is 8.25. The van der Waals surface area contributed by atoms with E-state index in [1.165, 1.54) is 30.4 Å². The zero-order chi connectivity index (χ0) is 41.4. The molecule has 1 aromatic rings. The Kier molecular flexibility index (Phi) is 21.3. The summed E-state index contributed by atoms with van der Waals surface area (Å²) in [6.45, 7) is 4.39. The predicted molar refractivity (Wildman–Crippen MR) is 200 cm³/mol. The molecule has 314 valence electrons. The topological polar surface area (TPSA) is 249 Å². The van der Waals surface area contributed by atoms with E-state index in [-0.39, 0.29) is 147 Å². The molecule has 0 fully saturated rings. The average molecular weight is 805 g/mol. The van der Waals surface area contributed by atoms with Crippen LogP contribution < -0.4 is 15.8 Å². The third-order valence-corrected chi connectivity index (χ3v) is 8.25. The number of imide groups is 2. The van der Waals surface area contributed by atoms with Gasteiger partial charge in [-0.15, -0.1) is 0 Å². The number of carboxylic acids is 1. The normalized spacial score (nSPS) is 14.8. The van der Waals surface area contributed by atoms with Gasteiger partial charge in [-0.3, -0.25) is 43.4 Å². The van der Waals surface area contributed by atoms with Crippen LogP contribution in [-0.2, 0) is 68.4 Å². The summed E-state index contributed by atoms with van der Waals surface area (Å²) >= 11 is 0. The van der Waals surface area contributed by atoms with Gasteiger partial charge in [-0.25, -0.2) is 0 Å². The lowest BCUT2D eigenvalue weighted by molar-refractivity contribution is -0.142. The minimum Gasteiger partial charge on any atom is -0.481 e. The molecular formula is C38H52N4O15. The van der Waals surface area contributed by atoms with Gasteiger partial charge in [0, 0.05) is 30.3 Å². The first-order valence-electron chi connectivity index (χ1n) is 18.6. The van der Waals surface area contributed by atoms with Gasteiger partial charge in [-0.2, -0.15) is 0 Å². The van der Waals surface area contributed by atoms with Gasteiger partial charge in [0.1, 0.15) is 0 Å². The number of hydrogen-bond acceptors (Lipinski definition) is 15. The van der Waals surface area contributed by atoms with E-state index >= 15 is 0 Å². The van der Waals surface area contributed by atoms with Crippen molar-refractivity contribution in [2.45, 2.75) is 38.6 Å². The number of carbonyl (C=O) groups excluding carboxylic acids is 6. The second kappa shape index (κ2) is 26.1. The van der Waals surface area contributed by atoms with Gasteiger partial charge in [0.2, 0.25) is 5.91 Å². The van der Waals surface area contributed by atoms with E-state index in [9.17, 15) is 38.7 Å². The first-order chi connectivity index (χ1) is 27.4. The van der Waals surface area contributed by atoms with Crippen molar-refractivity contribution in [3.63, 3.8) is 0 Å². The van der Waals surface area contributed by atoms with Crippen molar-refractivity contribution in [1.29, 1.82) is 0 Å². The molecular weight excluding hydrogens is 752 g/mol. The molecule has 3 rings (SSSR count). The maximum Gasteiger partial charge on any atom is 0.313 e. The number of ether oxygens (including phenoxy) is 7. The van der Waals surface area contributed by atoms with Crippen LogP contribution in [0.3, 0.4) is 0 Å². The van der Waals surface area contributed by atoms with Crippen LogP contribution in [0.15, 0.2) is 42.5 Å². The number of aliphatic carboxylic acids is 1. The van der Waals surface area contributed by atoms with Crippen LogP contribution in [0.2, 0.25) is 0 Å². The molecule has 4 N–H and O–H groups in total. The summed E-state index contributed by atoms with van der Waals surface area (Å²) in [6.07, 6.45) is 5.31. The van der Waals surface area contributed by atoms with Gasteiger partial charge >= 0.3 is 11.9 Å². The minimum absolute atomic E-state index is 0.0144. The summed E-state index contributed by atoms with van der Waals surface area (Å²) in [5.41, 5.74) is 7.13. The zero-order valence-corrected chi connectivity index (χ0v) is 32.1. The highest BCUT2D eigenvalue weighted by Crippen LogP contribution is 2.28. The van der Waals surface area contributed by atoms with Crippen molar-refractivity contribution < 1.29 is 71.8 Å². The van der Waals surface area contributed by atoms with Gasteiger partial charge in [-0.1, -0.05) is 13.0 Å². The predicted octanol–water partition coefficient (Wildman–Crippen LogP) is 0.241. The smallest absolute Gasteiger partial charge is 0.313 e. The summed E-state index contributed by atoms with van der Waals surface area (Å²) in [7, 11) is 0. The summed E-state index contributed by atoms with van der Waals surface area (Å²) < 4.78 is 38.1. The number of carbonyl (C=O) groups is 7. The number of nitrogens with one attached hydrogen (secondary N) is 1. The molecule has 2 unspecified atom stereocenters. The van der Waals surface area contributed by atoms with Crippen molar-refractivity contribution in [3.8, 4) is 5.75 Å². The third kappa shape index (κ3) is 18.3. The highest BCUT2D eigenvalue weighted by Gasteiger charge is 2.23. The molecule has 0 radical (unpaired) electrons. The quantitative estimate of drug-likeness (QED) is 0.0394. The van der Waals surface area contributed by atoms with E-state index in [1.54, 1.807) is 19.1 Å². The van der Waals surface area contributed by atoms with Crippen LogP contribution in [0.25, 0.3) is 0 Å². The first kappa shape index (κ1) is 46.5. The molecule has 0 bridgehead atoms. The highest BCUT2D eigenvalue weighted by molar-refractivity contribution is 6.13. The molecule has 2 aliphatic heterocycles. The van der Waals surface area contributed by atoms with Gasteiger partial charge in [0.15, 0.2) is 5.75 Å². The minimum atomic E-state index is -0.951. The van der Waals surface area contributed by atoms with Crippen LogP contribution >= 0.6 is 0 Å². The van der Waals surface area contributed by atoms with E-state index in [0.29, 0.717) is 12.0 Å². The number of benzene rings is 1. The molecule has 0 spiro atoms. The monoisotopic (exact) mass is 804 g/mol. The second-order valence-corrected chi connectivity index (χ2v) is 12.8. The number of hydrogen-bond donors (Lipinski definition) is 3. The Morgan fingerprint density at radius 3 is 1.58 bits per heavy atom. The molecule has 1 aromatic carbocycles. The molecule has 2 aliphatic rings. The van der Waals surface area contributed by atoms with Gasteiger partial charge in [0.25, 0.3) is 23.6 Å². The van der Waals surface area contributed by atoms with Crippen molar-refractivity contribution in [3.05, 3.63) is 48.1 Å².